The second-order valence-electron chi connectivity index (χ2n) is 5.93. The summed E-state index contributed by atoms with van der Waals surface area (Å²) in [5.41, 5.74) is 6.04. The van der Waals surface area contributed by atoms with Crippen LogP contribution < -0.4 is 5.73 Å². The van der Waals surface area contributed by atoms with Crippen LogP contribution in [0.1, 0.15) is 64.2 Å². The minimum Gasteiger partial charge on any atom is -0.370 e. The minimum absolute atomic E-state index is 0.790. The SMILES string of the molecule is NC(=NCCCC1CCCCC1)N1CCCCC1. The average molecular weight is 251 g/mol. The Morgan fingerprint density at radius 1 is 1.00 bits per heavy atom. The van der Waals surface area contributed by atoms with E-state index in [0.717, 1.165) is 31.5 Å². The van der Waals surface area contributed by atoms with E-state index in [1.165, 1.54) is 64.2 Å². The van der Waals surface area contributed by atoms with E-state index in [0.29, 0.717) is 0 Å². The molecular weight excluding hydrogens is 222 g/mol. The van der Waals surface area contributed by atoms with Crippen LogP contribution in [0.2, 0.25) is 0 Å². The van der Waals surface area contributed by atoms with Gasteiger partial charge in [-0.25, -0.2) is 0 Å². The second-order valence-corrected chi connectivity index (χ2v) is 5.93. The first-order valence-electron chi connectivity index (χ1n) is 7.91. The Balaban J connectivity index is 1.60. The average Bonchev–Trinajstić information content (AvgIpc) is 2.45. The zero-order valence-corrected chi connectivity index (χ0v) is 11.7. The fourth-order valence-electron chi connectivity index (χ4n) is 3.27. The molecule has 18 heavy (non-hydrogen) atoms. The van der Waals surface area contributed by atoms with E-state index in [9.17, 15) is 0 Å². The van der Waals surface area contributed by atoms with Gasteiger partial charge in [-0.1, -0.05) is 32.1 Å². The van der Waals surface area contributed by atoms with E-state index in [1.54, 1.807) is 0 Å². The van der Waals surface area contributed by atoms with Crippen LogP contribution in [-0.4, -0.2) is 30.5 Å². The molecule has 3 heteroatoms. The summed E-state index contributed by atoms with van der Waals surface area (Å²) in [6, 6.07) is 0. The molecule has 0 aromatic carbocycles. The first-order chi connectivity index (χ1) is 8.86. The lowest BCUT2D eigenvalue weighted by molar-refractivity contribution is 0.330. The molecule has 1 aliphatic heterocycles. The van der Waals surface area contributed by atoms with Crippen LogP contribution in [0.5, 0.6) is 0 Å². The highest BCUT2D eigenvalue weighted by molar-refractivity contribution is 5.78. The van der Waals surface area contributed by atoms with E-state index in [-0.39, 0.29) is 0 Å². The normalized spacial score (nSPS) is 23.3. The number of hydrogen-bond donors (Lipinski definition) is 1. The first-order valence-corrected chi connectivity index (χ1v) is 7.91. The van der Waals surface area contributed by atoms with Crippen molar-refractivity contribution in [2.75, 3.05) is 19.6 Å². The van der Waals surface area contributed by atoms with Crippen molar-refractivity contribution in [3.05, 3.63) is 0 Å². The molecule has 1 saturated heterocycles. The van der Waals surface area contributed by atoms with Crippen LogP contribution >= 0.6 is 0 Å². The number of rotatable bonds is 4. The maximum atomic E-state index is 6.04. The molecule has 104 valence electrons. The predicted octanol–water partition coefficient (Wildman–Crippen LogP) is 3.15. The van der Waals surface area contributed by atoms with Crippen LogP contribution in [0.25, 0.3) is 0 Å². The maximum absolute atomic E-state index is 6.04. The van der Waals surface area contributed by atoms with Crippen molar-refractivity contribution in [2.45, 2.75) is 64.2 Å². The highest BCUT2D eigenvalue weighted by Crippen LogP contribution is 2.27. The predicted molar refractivity (Wildman–Crippen MR) is 77.7 cm³/mol. The van der Waals surface area contributed by atoms with Gasteiger partial charge in [-0.3, -0.25) is 4.99 Å². The van der Waals surface area contributed by atoms with E-state index < -0.39 is 0 Å². The Morgan fingerprint density at radius 3 is 2.39 bits per heavy atom. The van der Waals surface area contributed by atoms with Crippen molar-refractivity contribution in [2.24, 2.45) is 16.6 Å². The van der Waals surface area contributed by atoms with Gasteiger partial charge in [0.1, 0.15) is 0 Å². The summed E-state index contributed by atoms with van der Waals surface area (Å²) in [6.07, 6.45) is 13.7. The number of nitrogens with zero attached hydrogens (tertiary/aromatic N) is 2. The Kier molecular flexibility index (Phi) is 5.82. The summed E-state index contributed by atoms with van der Waals surface area (Å²) >= 11 is 0. The van der Waals surface area contributed by atoms with Crippen LogP contribution in [0.3, 0.4) is 0 Å². The maximum Gasteiger partial charge on any atom is 0.191 e. The molecule has 1 aliphatic carbocycles. The van der Waals surface area contributed by atoms with Gasteiger partial charge in [-0.2, -0.15) is 0 Å². The summed E-state index contributed by atoms with van der Waals surface area (Å²) in [5.74, 6) is 1.77. The third-order valence-corrected chi connectivity index (χ3v) is 4.45. The summed E-state index contributed by atoms with van der Waals surface area (Å²) in [7, 11) is 0. The molecule has 3 nitrogen and oxygen atoms in total. The Hall–Kier alpha value is -0.730. The van der Waals surface area contributed by atoms with Gasteiger partial charge >= 0.3 is 0 Å². The molecule has 0 spiro atoms. The number of hydrogen-bond acceptors (Lipinski definition) is 1. The van der Waals surface area contributed by atoms with Gasteiger partial charge in [0.05, 0.1) is 0 Å². The third-order valence-electron chi connectivity index (χ3n) is 4.45. The summed E-state index contributed by atoms with van der Waals surface area (Å²) < 4.78 is 0. The van der Waals surface area contributed by atoms with E-state index in [1.807, 2.05) is 0 Å². The summed E-state index contributed by atoms with van der Waals surface area (Å²) in [4.78, 5) is 6.81. The molecule has 0 aromatic heterocycles. The fraction of sp³-hybridized carbons (Fsp3) is 0.933. The number of piperidine rings is 1. The first kappa shape index (κ1) is 13.7. The van der Waals surface area contributed by atoms with E-state index in [2.05, 4.69) is 9.89 Å². The van der Waals surface area contributed by atoms with E-state index >= 15 is 0 Å². The fourth-order valence-corrected chi connectivity index (χ4v) is 3.27. The number of nitrogens with two attached hydrogens (primary N) is 1. The number of aliphatic imine (C=N–C) groups is 1. The topological polar surface area (TPSA) is 41.6 Å². The van der Waals surface area contributed by atoms with Crippen molar-refractivity contribution >= 4 is 5.96 Å². The molecule has 2 N–H and O–H groups in total. The van der Waals surface area contributed by atoms with Gasteiger partial charge < -0.3 is 10.6 Å². The van der Waals surface area contributed by atoms with Crippen LogP contribution in [0.15, 0.2) is 4.99 Å². The lowest BCUT2D eigenvalue weighted by atomic mass is 9.86. The van der Waals surface area contributed by atoms with Gasteiger partial charge in [-0.05, 0) is 38.0 Å². The molecule has 2 fully saturated rings. The van der Waals surface area contributed by atoms with Crippen molar-refractivity contribution in [3.63, 3.8) is 0 Å². The van der Waals surface area contributed by atoms with Gasteiger partial charge in [0.25, 0.3) is 0 Å². The summed E-state index contributed by atoms with van der Waals surface area (Å²) in [6.45, 7) is 3.15. The van der Waals surface area contributed by atoms with E-state index in [4.69, 9.17) is 5.73 Å². The van der Waals surface area contributed by atoms with Gasteiger partial charge in [0.2, 0.25) is 0 Å². The molecule has 0 atom stereocenters. The van der Waals surface area contributed by atoms with Crippen molar-refractivity contribution in [1.82, 2.24) is 4.90 Å². The highest BCUT2D eigenvalue weighted by atomic mass is 15.2. The van der Waals surface area contributed by atoms with Gasteiger partial charge in [0, 0.05) is 19.6 Å². The quantitative estimate of drug-likeness (QED) is 0.474. The molecule has 2 aliphatic rings. The third kappa shape index (κ3) is 4.51. The lowest BCUT2D eigenvalue weighted by Gasteiger charge is -2.27. The van der Waals surface area contributed by atoms with Crippen LogP contribution in [-0.2, 0) is 0 Å². The van der Waals surface area contributed by atoms with Gasteiger partial charge in [-0.15, -0.1) is 0 Å². The Morgan fingerprint density at radius 2 is 1.67 bits per heavy atom. The highest BCUT2D eigenvalue weighted by Gasteiger charge is 2.13. The molecule has 1 saturated carbocycles. The van der Waals surface area contributed by atoms with Crippen molar-refractivity contribution < 1.29 is 0 Å². The van der Waals surface area contributed by atoms with Crippen molar-refractivity contribution in [3.8, 4) is 0 Å². The molecule has 2 rings (SSSR count). The Labute approximate surface area is 112 Å². The Bertz CT molecular complexity index is 250. The minimum atomic E-state index is 0.790. The molecule has 0 amide bonds. The molecule has 0 unspecified atom stereocenters. The zero-order valence-electron chi connectivity index (χ0n) is 11.7. The molecule has 0 radical (unpaired) electrons. The smallest absolute Gasteiger partial charge is 0.191 e. The molecule has 1 heterocycles. The number of guanidine groups is 1. The standard InChI is InChI=1S/C15H29N3/c16-15(18-12-5-2-6-13-18)17-11-7-10-14-8-3-1-4-9-14/h14H,1-13H2,(H2,16,17). The molecular formula is C15H29N3. The lowest BCUT2D eigenvalue weighted by Crippen LogP contribution is -2.40. The van der Waals surface area contributed by atoms with Crippen LogP contribution in [0.4, 0.5) is 0 Å². The summed E-state index contributed by atoms with van der Waals surface area (Å²) in [5, 5.41) is 0. The van der Waals surface area contributed by atoms with Gasteiger partial charge in [0.15, 0.2) is 5.96 Å². The zero-order chi connectivity index (χ0) is 12.6. The molecule has 0 aromatic rings. The van der Waals surface area contributed by atoms with Crippen LogP contribution in [0, 0.1) is 5.92 Å². The monoisotopic (exact) mass is 251 g/mol. The second kappa shape index (κ2) is 7.65. The largest absolute Gasteiger partial charge is 0.370 e. The molecule has 0 bridgehead atoms. The van der Waals surface area contributed by atoms with Crippen molar-refractivity contribution in [1.29, 1.82) is 0 Å². The number of likely N-dealkylation sites (tertiary alicyclic amines) is 1.